The SMILES string of the molecule is CC(C)[C@H](NC(=O)Nc1ccccc1)C(=O)OCc1csc(-c2ccsc2)n1. The number of aromatic nitrogens is 1. The largest absolute Gasteiger partial charge is 0.458 e. The molecule has 0 spiro atoms. The molecule has 2 N–H and O–H groups in total. The summed E-state index contributed by atoms with van der Waals surface area (Å²) in [5.41, 5.74) is 2.40. The molecule has 0 saturated carbocycles. The Kier molecular flexibility index (Phi) is 6.78. The second-order valence-electron chi connectivity index (χ2n) is 6.45. The van der Waals surface area contributed by atoms with Gasteiger partial charge in [0.25, 0.3) is 0 Å². The third-order valence-corrected chi connectivity index (χ3v) is 5.54. The molecule has 0 bridgehead atoms. The van der Waals surface area contributed by atoms with E-state index >= 15 is 0 Å². The predicted octanol–water partition coefficient (Wildman–Crippen LogP) is 4.76. The van der Waals surface area contributed by atoms with Crippen LogP contribution in [-0.4, -0.2) is 23.0 Å². The van der Waals surface area contributed by atoms with E-state index in [2.05, 4.69) is 15.6 Å². The van der Waals surface area contributed by atoms with E-state index < -0.39 is 18.0 Å². The molecule has 2 heterocycles. The van der Waals surface area contributed by atoms with Crippen LogP contribution in [-0.2, 0) is 16.1 Å². The van der Waals surface area contributed by atoms with Crippen molar-refractivity contribution in [1.29, 1.82) is 0 Å². The van der Waals surface area contributed by atoms with E-state index in [-0.39, 0.29) is 12.5 Å². The van der Waals surface area contributed by atoms with Crippen LogP contribution in [0, 0.1) is 5.92 Å². The average Bonchev–Trinajstić information content (AvgIpc) is 3.36. The van der Waals surface area contributed by atoms with Gasteiger partial charge in [0.1, 0.15) is 17.7 Å². The monoisotopic (exact) mass is 415 g/mol. The lowest BCUT2D eigenvalue weighted by Gasteiger charge is -2.21. The van der Waals surface area contributed by atoms with Crippen LogP contribution in [0.2, 0.25) is 0 Å². The molecule has 1 aromatic carbocycles. The maximum atomic E-state index is 12.5. The van der Waals surface area contributed by atoms with Gasteiger partial charge in [0.2, 0.25) is 0 Å². The number of thiazole rings is 1. The number of thiophene rings is 1. The molecule has 0 unspecified atom stereocenters. The average molecular weight is 416 g/mol. The minimum absolute atomic E-state index is 0.0741. The molecule has 6 nitrogen and oxygen atoms in total. The molecule has 0 saturated heterocycles. The smallest absolute Gasteiger partial charge is 0.329 e. The Hall–Kier alpha value is -2.71. The fraction of sp³-hybridized carbons (Fsp3) is 0.250. The van der Waals surface area contributed by atoms with E-state index in [0.717, 1.165) is 10.6 Å². The Morgan fingerprint density at radius 3 is 2.61 bits per heavy atom. The van der Waals surface area contributed by atoms with Crippen LogP contribution in [0.3, 0.4) is 0 Å². The van der Waals surface area contributed by atoms with Gasteiger partial charge in [0, 0.05) is 22.0 Å². The molecule has 0 aliphatic carbocycles. The number of carbonyl (C=O) groups excluding carboxylic acids is 2. The standard InChI is InChI=1S/C20H21N3O3S2/c1-13(2)17(23-20(25)22-15-6-4-3-5-7-15)19(24)26-10-16-12-28-18(21-16)14-8-9-27-11-14/h3-9,11-13,17H,10H2,1-2H3,(H2,22,23,25)/t17-/m0/s1. The molecule has 2 amide bonds. The van der Waals surface area contributed by atoms with Crippen LogP contribution >= 0.6 is 22.7 Å². The first-order valence-corrected chi connectivity index (χ1v) is 10.6. The van der Waals surface area contributed by atoms with Crippen molar-refractivity contribution in [2.45, 2.75) is 26.5 Å². The van der Waals surface area contributed by atoms with Gasteiger partial charge in [-0.1, -0.05) is 32.0 Å². The van der Waals surface area contributed by atoms with Crippen LogP contribution < -0.4 is 10.6 Å². The molecule has 0 radical (unpaired) electrons. The number of esters is 1. The second-order valence-corrected chi connectivity index (χ2v) is 8.09. The van der Waals surface area contributed by atoms with Crippen LogP contribution in [0.5, 0.6) is 0 Å². The first-order chi connectivity index (χ1) is 13.5. The van der Waals surface area contributed by atoms with Gasteiger partial charge in [0.15, 0.2) is 0 Å². The lowest BCUT2D eigenvalue weighted by molar-refractivity contribution is -0.148. The minimum atomic E-state index is -0.751. The van der Waals surface area contributed by atoms with Crippen LogP contribution in [0.1, 0.15) is 19.5 Å². The van der Waals surface area contributed by atoms with Gasteiger partial charge in [-0.25, -0.2) is 14.6 Å². The van der Waals surface area contributed by atoms with Gasteiger partial charge in [-0.15, -0.1) is 11.3 Å². The molecule has 0 aliphatic rings. The summed E-state index contributed by atoms with van der Waals surface area (Å²) in [7, 11) is 0. The van der Waals surface area contributed by atoms with Gasteiger partial charge >= 0.3 is 12.0 Å². The van der Waals surface area contributed by atoms with E-state index in [1.165, 1.54) is 11.3 Å². The number of nitrogens with zero attached hydrogens (tertiary/aromatic N) is 1. The molecule has 146 valence electrons. The number of hydrogen-bond acceptors (Lipinski definition) is 6. The Morgan fingerprint density at radius 2 is 1.93 bits per heavy atom. The van der Waals surface area contributed by atoms with Crippen molar-refractivity contribution >= 4 is 40.4 Å². The van der Waals surface area contributed by atoms with Crippen molar-refractivity contribution in [3.63, 3.8) is 0 Å². The zero-order valence-corrected chi connectivity index (χ0v) is 17.2. The van der Waals surface area contributed by atoms with Gasteiger partial charge in [0.05, 0.1) is 5.69 Å². The quantitative estimate of drug-likeness (QED) is 0.545. The first-order valence-electron chi connectivity index (χ1n) is 8.79. The van der Waals surface area contributed by atoms with Crippen LogP contribution in [0.4, 0.5) is 10.5 Å². The lowest BCUT2D eigenvalue weighted by Crippen LogP contribution is -2.47. The summed E-state index contributed by atoms with van der Waals surface area (Å²) in [6.07, 6.45) is 0. The second kappa shape index (κ2) is 9.48. The number of rotatable bonds is 7. The highest BCUT2D eigenvalue weighted by molar-refractivity contribution is 7.14. The summed E-state index contributed by atoms with van der Waals surface area (Å²) in [6.45, 7) is 3.78. The molecular formula is C20H21N3O3S2. The van der Waals surface area contributed by atoms with Gasteiger partial charge in [-0.3, -0.25) is 0 Å². The highest BCUT2D eigenvalue weighted by atomic mass is 32.1. The third-order valence-electron chi connectivity index (χ3n) is 3.92. The predicted molar refractivity (Wildman–Crippen MR) is 112 cm³/mol. The highest BCUT2D eigenvalue weighted by Gasteiger charge is 2.26. The number of hydrogen-bond donors (Lipinski definition) is 2. The molecule has 3 aromatic rings. The van der Waals surface area contributed by atoms with E-state index in [4.69, 9.17) is 4.74 Å². The zero-order valence-electron chi connectivity index (χ0n) is 15.5. The summed E-state index contributed by atoms with van der Waals surface area (Å²) >= 11 is 3.12. The Labute approximate surface area is 171 Å². The van der Waals surface area contributed by atoms with E-state index in [9.17, 15) is 9.59 Å². The zero-order chi connectivity index (χ0) is 19.9. The fourth-order valence-corrected chi connectivity index (χ4v) is 3.97. The molecule has 0 fully saturated rings. The third kappa shape index (κ3) is 5.40. The first kappa shape index (κ1) is 20.0. The van der Waals surface area contributed by atoms with E-state index in [1.807, 2.05) is 54.3 Å². The maximum absolute atomic E-state index is 12.5. The van der Waals surface area contributed by atoms with Crippen molar-refractivity contribution in [2.24, 2.45) is 5.92 Å². The number of nitrogens with one attached hydrogen (secondary N) is 2. The fourth-order valence-electron chi connectivity index (χ4n) is 2.45. The van der Waals surface area contributed by atoms with Crippen molar-refractivity contribution < 1.29 is 14.3 Å². The molecular weight excluding hydrogens is 394 g/mol. The summed E-state index contributed by atoms with van der Waals surface area (Å²) in [6, 6.07) is 9.85. The topological polar surface area (TPSA) is 80.3 Å². The number of amides is 2. The molecule has 1 atom stereocenters. The van der Waals surface area contributed by atoms with E-state index in [0.29, 0.717) is 11.4 Å². The van der Waals surface area contributed by atoms with Crippen molar-refractivity contribution in [2.75, 3.05) is 5.32 Å². The van der Waals surface area contributed by atoms with Crippen molar-refractivity contribution in [3.05, 3.63) is 58.2 Å². The number of ether oxygens (including phenoxy) is 1. The Bertz CT molecular complexity index is 908. The molecule has 0 aliphatic heterocycles. The number of para-hydroxylation sites is 1. The summed E-state index contributed by atoms with van der Waals surface area (Å²) in [5.74, 6) is -0.603. The summed E-state index contributed by atoms with van der Waals surface area (Å²) < 4.78 is 5.40. The van der Waals surface area contributed by atoms with Crippen LogP contribution in [0.25, 0.3) is 10.6 Å². The van der Waals surface area contributed by atoms with E-state index in [1.54, 1.807) is 23.5 Å². The summed E-state index contributed by atoms with van der Waals surface area (Å²) in [5, 5.41) is 12.2. The minimum Gasteiger partial charge on any atom is -0.458 e. The van der Waals surface area contributed by atoms with Gasteiger partial charge < -0.3 is 15.4 Å². The van der Waals surface area contributed by atoms with Crippen molar-refractivity contribution in [3.8, 4) is 10.6 Å². The van der Waals surface area contributed by atoms with Crippen LogP contribution in [0.15, 0.2) is 52.5 Å². The number of carbonyl (C=O) groups is 2. The number of anilines is 1. The highest BCUT2D eigenvalue weighted by Crippen LogP contribution is 2.26. The molecule has 28 heavy (non-hydrogen) atoms. The molecule has 3 rings (SSSR count). The summed E-state index contributed by atoms with van der Waals surface area (Å²) in [4.78, 5) is 29.2. The van der Waals surface area contributed by atoms with Gasteiger partial charge in [-0.05, 0) is 29.5 Å². The lowest BCUT2D eigenvalue weighted by atomic mass is 10.1. The molecule has 8 heteroatoms. The van der Waals surface area contributed by atoms with Gasteiger partial charge in [-0.2, -0.15) is 11.3 Å². The van der Waals surface area contributed by atoms with Crippen molar-refractivity contribution in [1.82, 2.24) is 10.3 Å². The number of urea groups is 1. The Balaban J connectivity index is 1.55. The number of benzene rings is 1. The normalized spacial score (nSPS) is 11.8. The maximum Gasteiger partial charge on any atom is 0.329 e. The Morgan fingerprint density at radius 1 is 1.14 bits per heavy atom. The molecule has 2 aromatic heterocycles.